The first-order valence-electron chi connectivity index (χ1n) is 12.7. The van der Waals surface area contributed by atoms with Crippen LogP contribution in [0.2, 0.25) is 5.02 Å². The summed E-state index contributed by atoms with van der Waals surface area (Å²) in [6.07, 6.45) is -5.32. The predicted octanol–water partition coefficient (Wildman–Crippen LogP) is 5.19. The second-order valence-corrected chi connectivity index (χ2v) is 12.6. The van der Waals surface area contributed by atoms with Gasteiger partial charge in [-0.3, -0.25) is 9.48 Å². The molecule has 0 aliphatic carbocycles. The Kier molecular flexibility index (Phi) is 8.87. The summed E-state index contributed by atoms with van der Waals surface area (Å²) in [6, 6.07) is 5.13. The summed E-state index contributed by atoms with van der Waals surface area (Å²) in [5.41, 5.74) is 0.334. The fourth-order valence-corrected chi connectivity index (χ4v) is 6.78. The van der Waals surface area contributed by atoms with E-state index in [0.717, 1.165) is 5.01 Å². The van der Waals surface area contributed by atoms with Crippen molar-refractivity contribution in [3.8, 4) is 0 Å². The number of rotatable bonds is 9. The van der Waals surface area contributed by atoms with Crippen LogP contribution in [0.15, 0.2) is 34.8 Å². The van der Waals surface area contributed by atoms with Crippen LogP contribution in [-0.4, -0.2) is 57.3 Å². The Labute approximate surface area is 246 Å². The molecule has 226 valence electrons. The van der Waals surface area contributed by atoms with Crippen LogP contribution in [0.5, 0.6) is 0 Å². The Hall–Kier alpha value is -3.08. The van der Waals surface area contributed by atoms with Crippen LogP contribution in [0.3, 0.4) is 0 Å². The van der Waals surface area contributed by atoms with Crippen molar-refractivity contribution in [1.29, 1.82) is 0 Å². The van der Waals surface area contributed by atoms with E-state index in [9.17, 15) is 35.3 Å². The number of piperidine rings is 1. The number of thiazole rings is 1. The average molecular weight is 649 g/mol. The number of alkyl halides is 4. The summed E-state index contributed by atoms with van der Waals surface area (Å²) >= 11 is 7.51. The summed E-state index contributed by atoms with van der Waals surface area (Å²) in [5, 5.41) is 10.6. The maximum Gasteiger partial charge on any atom is 0.282 e. The van der Waals surface area contributed by atoms with Gasteiger partial charge in [0.25, 0.3) is 12.9 Å². The van der Waals surface area contributed by atoms with Crippen LogP contribution in [0.4, 0.5) is 17.6 Å². The van der Waals surface area contributed by atoms with Crippen molar-refractivity contribution in [2.75, 3.05) is 13.1 Å². The van der Waals surface area contributed by atoms with E-state index in [2.05, 4.69) is 10.3 Å². The summed E-state index contributed by atoms with van der Waals surface area (Å²) in [6.45, 7) is 0.101. The summed E-state index contributed by atoms with van der Waals surface area (Å²) < 4.78 is 87.1. The minimum Gasteiger partial charge on any atom is -0.748 e. The molecular weight excluding hydrogens is 626 g/mol. The first-order chi connectivity index (χ1) is 19.9. The standard InChI is InChI=1S/C25H24ClF4N5O5S2/c26-15-2-1-14(12-42(37,38)39)16(7-15)21-9-17(33-40-21)19-11-41-25(31-19)13-3-5-34(6-4-13)22(36)10-35-20(24(29)30)8-18(32-35)23(27)28/h1-2,7-8,11,13,21,23-24H,3-6,9-10,12H2,(H,37,38,39)/p-1. The molecule has 1 saturated heterocycles. The number of amides is 1. The van der Waals surface area contributed by atoms with Crippen LogP contribution in [0.25, 0.3) is 0 Å². The number of benzene rings is 1. The van der Waals surface area contributed by atoms with E-state index in [1.807, 2.05) is 5.38 Å². The average Bonchev–Trinajstić information content (AvgIpc) is 3.69. The number of halogens is 5. The number of aromatic nitrogens is 3. The Balaban J connectivity index is 1.19. The molecule has 1 aromatic carbocycles. The van der Waals surface area contributed by atoms with Crippen molar-refractivity contribution in [2.45, 2.75) is 56.4 Å². The third kappa shape index (κ3) is 6.93. The van der Waals surface area contributed by atoms with E-state index in [-0.39, 0.29) is 17.9 Å². The van der Waals surface area contributed by atoms with Gasteiger partial charge in [0.2, 0.25) is 5.91 Å². The molecule has 0 bridgehead atoms. The maximum atomic E-state index is 13.3. The molecule has 0 N–H and O–H groups in total. The van der Waals surface area contributed by atoms with E-state index in [1.165, 1.54) is 28.4 Å². The number of hydrogen-bond acceptors (Lipinski definition) is 9. The van der Waals surface area contributed by atoms with E-state index in [1.54, 1.807) is 6.07 Å². The molecule has 3 aromatic rings. The number of carbonyl (C=O) groups is 1. The largest absolute Gasteiger partial charge is 0.748 e. The summed E-state index contributed by atoms with van der Waals surface area (Å²) in [4.78, 5) is 24.5. The van der Waals surface area contributed by atoms with Crippen molar-refractivity contribution >= 4 is 44.7 Å². The molecule has 0 saturated carbocycles. The zero-order valence-electron chi connectivity index (χ0n) is 21.6. The molecule has 2 aliphatic rings. The summed E-state index contributed by atoms with van der Waals surface area (Å²) in [5.74, 6) is -1.17. The highest BCUT2D eigenvalue weighted by atomic mass is 35.5. The van der Waals surface area contributed by atoms with Gasteiger partial charge >= 0.3 is 0 Å². The zero-order valence-corrected chi connectivity index (χ0v) is 24.0. The first kappa shape index (κ1) is 30.4. The number of carbonyl (C=O) groups excluding carboxylic acids is 1. The van der Waals surface area contributed by atoms with Crippen LogP contribution in [0, 0.1) is 0 Å². The highest BCUT2D eigenvalue weighted by molar-refractivity contribution is 7.84. The monoisotopic (exact) mass is 648 g/mol. The Morgan fingerprint density at radius 1 is 1.17 bits per heavy atom. The molecule has 5 rings (SSSR count). The third-order valence-electron chi connectivity index (χ3n) is 7.03. The SMILES string of the molecule is O=C(Cn1nc(C(F)F)cc1C(F)F)N1CCC(c2nc(C3=NOC(c4cc(Cl)ccc4CS(=O)(=O)[O-])C3)cs2)CC1. The van der Waals surface area contributed by atoms with Crippen LogP contribution < -0.4 is 0 Å². The normalized spacial score (nSPS) is 18.1. The molecule has 0 radical (unpaired) electrons. The molecular formula is C25H23ClF4N5O5S2-. The van der Waals surface area contributed by atoms with E-state index in [0.29, 0.717) is 58.7 Å². The van der Waals surface area contributed by atoms with Gasteiger partial charge in [-0.2, -0.15) is 5.10 Å². The van der Waals surface area contributed by atoms with E-state index < -0.39 is 58.7 Å². The van der Waals surface area contributed by atoms with E-state index >= 15 is 0 Å². The van der Waals surface area contributed by atoms with Gasteiger partial charge in [-0.05, 0) is 36.6 Å². The van der Waals surface area contributed by atoms with Crippen molar-refractivity contribution in [3.05, 3.63) is 67.9 Å². The van der Waals surface area contributed by atoms with Crippen LogP contribution in [-0.2, 0) is 32.0 Å². The van der Waals surface area contributed by atoms with Gasteiger partial charge in [0.15, 0.2) is 6.10 Å². The lowest BCUT2D eigenvalue weighted by Crippen LogP contribution is -2.40. The van der Waals surface area contributed by atoms with Gasteiger partial charge in [0, 0.05) is 41.4 Å². The molecule has 1 atom stereocenters. The number of oxime groups is 1. The lowest BCUT2D eigenvalue weighted by molar-refractivity contribution is -0.133. The fraction of sp³-hybridized carbons (Fsp3) is 0.440. The second-order valence-electron chi connectivity index (χ2n) is 9.86. The van der Waals surface area contributed by atoms with Crippen molar-refractivity contribution in [3.63, 3.8) is 0 Å². The van der Waals surface area contributed by atoms with Gasteiger partial charge in [0.1, 0.15) is 23.6 Å². The van der Waals surface area contributed by atoms with Crippen LogP contribution >= 0.6 is 22.9 Å². The highest BCUT2D eigenvalue weighted by Crippen LogP contribution is 2.36. The third-order valence-corrected chi connectivity index (χ3v) is 8.94. The zero-order chi connectivity index (χ0) is 30.2. The first-order valence-corrected chi connectivity index (χ1v) is 15.5. The highest BCUT2D eigenvalue weighted by Gasteiger charge is 2.31. The van der Waals surface area contributed by atoms with E-state index in [4.69, 9.17) is 21.4 Å². The van der Waals surface area contributed by atoms with Crippen molar-refractivity contribution in [1.82, 2.24) is 19.7 Å². The predicted molar refractivity (Wildman–Crippen MR) is 143 cm³/mol. The molecule has 2 aromatic heterocycles. The topological polar surface area (TPSA) is 130 Å². The lowest BCUT2D eigenvalue weighted by Gasteiger charge is -2.31. The molecule has 1 unspecified atom stereocenters. The molecule has 10 nitrogen and oxygen atoms in total. The minimum absolute atomic E-state index is 0.0278. The fourth-order valence-electron chi connectivity index (χ4n) is 4.96. The van der Waals surface area contributed by atoms with Gasteiger partial charge < -0.3 is 14.3 Å². The summed E-state index contributed by atoms with van der Waals surface area (Å²) in [7, 11) is -4.53. The quantitative estimate of drug-likeness (QED) is 0.231. The van der Waals surface area contributed by atoms with Gasteiger partial charge in [-0.25, -0.2) is 31.0 Å². The number of hydrogen-bond donors (Lipinski definition) is 0. The lowest BCUT2D eigenvalue weighted by atomic mass is 9.97. The molecule has 42 heavy (non-hydrogen) atoms. The Morgan fingerprint density at radius 3 is 2.57 bits per heavy atom. The van der Waals surface area contributed by atoms with Crippen molar-refractivity contribution < 1.29 is 40.2 Å². The van der Waals surface area contributed by atoms with Crippen molar-refractivity contribution in [2.24, 2.45) is 5.16 Å². The van der Waals surface area contributed by atoms with Gasteiger partial charge in [0.05, 0.1) is 26.6 Å². The maximum absolute atomic E-state index is 13.3. The molecule has 1 fully saturated rings. The molecule has 2 aliphatic heterocycles. The number of nitrogens with zero attached hydrogens (tertiary/aromatic N) is 5. The number of likely N-dealkylation sites (tertiary alicyclic amines) is 1. The molecule has 17 heteroatoms. The minimum atomic E-state index is -4.53. The second kappa shape index (κ2) is 12.3. The van der Waals surface area contributed by atoms with Crippen LogP contribution in [0.1, 0.15) is 77.4 Å². The smallest absolute Gasteiger partial charge is 0.282 e. The Morgan fingerprint density at radius 2 is 1.90 bits per heavy atom. The molecule has 1 amide bonds. The van der Waals surface area contributed by atoms with Gasteiger partial charge in [-0.1, -0.05) is 22.8 Å². The molecule has 0 spiro atoms. The Bertz CT molecular complexity index is 1610. The molecule has 4 heterocycles. The van der Waals surface area contributed by atoms with Gasteiger partial charge in [-0.15, -0.1) is 11.3 Å².